The van der Waals surface area contributed by atoms with E-state index in [0.717, 1.165) is 84.6 Å². The Morgan fingerprint density at radius 2 is 1.71 bits per heavy atom. The third-order valence-electron chi connectivity index (χ3n) is 14.1. The predicted octanol–water partition coefficient (Wildman–Crippen LogP) is 12.2. The van der Waals surface area contributed by atoms with Crippen LogP contribution in [0, 0.1) is 57.7 Å². The maximum Gasteiger partial charge on any atom is 0.306 e. The molecule has 0 spiro atoms. The Labute approximate surface area is 314 Å². The molecule has 3 saturated carbocycles. The minimum atomic E-state index is -0.0324. The van der Waals surface area contributed by atoms with E-state index in [-0.39, 0.29) is 17.5 Å². The normalized spacial score (nSPS) is 30.2. The molecule has 280 valence electrons. The van der Waals surface area contributed by atoms with Crippen molar-refractivity contribution >= 4 is 17.9 Å². The Morgan fingerprint density at radius 1 is 0.923 bits per heavy atom. The van der Waals surface area contributed by atoms with Gasteiger partial charge in [-0.3, -0.25) is 9.79 Å². The molecule has 2 aromatic carbocycles. The molecule has 0 saturated heterocycles. The Morgan fingerprint density at radius 3 is 2.46 bits per heavy atom. The summed E-state index contributed by atoms with van der Waals surface area (Å²) in [5, 5.41) is 8.94. The van der Waals surface area contributed by atoms with Gasteiger partial charge in [-0.15, -0.1) is 0 Å². The first-order valence-corrected chi connectivity index (χ1v) is 20.7. The molecule has 0 aromatic heterocycles. The lowest BCUT2D eigenvalue weighted by Gasteiger charge is -2.58. The van der Waals surface area contributed by atoms with E-state index in [1.54, 1.807) is 17.7 Å². The van der Waals surface area contributed by atoms with Gasteiger partial charge in [-0.25, -0.2) is 0 Å². The molecular formula is C47H64N2O3. The van der Waals surface area contributed by atoms with Gasteiger partial charge < -0.3 is 9.47 Å². The second-order valence-electron chi connectivity index (χ2n) is 17.8. The van der Waals surface area contributed by atoms with Gasteiger partial charge in [0.1, 0.15) is 11.9 Å². The summed E-state index contributed by atoms with van der Waals surface area (Å²) in [6, 6.07) is 17.2. The number of nitrogens with zero attached hydrogens (tertiary/aromatic N) is 2. The number of fused-ring (bicyclic) bond motifs is 5. The maximum atomic E-state index is 12.9. The number of aliphatic imine (C=N–C) groups is 1. The highest BCUT2D eigenvalue weighted by Crippen LogP contribution is 2.67. The van der Waals surface area contributed by atoms with Crippen LogP contribution in [-0.2, 0) is 9.53 Å². The van der Waals surface area contributed by atoms with Gasteiger partial charge in [0.2, 0.25) is 0 Å². The SMILES string of the molecule is CC(C)CCC[C@@H](C)[C@H]1CC[C@H]2[C@@H]3CC=C4C[C@@H](OC(=O)CCCCCOc5ccc(C=Nc6ccc(C#N)cc6)cc5)CC[C@]4(C)[C@H]3CC[C@]12C. The van der Waals surface area contributed by atoms with Crippen molar-refractivity contribution < 1.29 is 14.3 Å². The fourth-order valence-electron chi connectivity index (χ4n) is 11.2. The summed E-state index contributed by atoms with van der Waals surface area (Å²) in [6.07, 6.45) is 21.9. The number of nitriles is 1. The van der Waals surface area contributed by atoms with Gasteiger partial charge in [-0.2, -0.15) is 5.26 Å². The minimum absolute atomic E-state index is 0.0324. The first-order chi connectivity index (χ1) is 25.1. The van der Waals surface area contributed by atoms with Crippen LogP contribution in [-0.4, -0.2) is 24.9 Å². The summed E-state index contributed by atoms with van der Waals surface area (Å²) in [5.74, 6) is 5.89. The summed E-state index contributed by atoms with van der Waals surface area (Å²) in [4.78, 5) is 17.4. The Hall–Kier alpha value is -3.39. The van der Waals surface area contributed by atoms with Gasteiger partial charge in [0, 0.05) is 19.1 Å². The quantitative estimate of drug-likeness (QED) is 0.0801. The lowest BCUT2D eigenvalue weighted by Crippen LogP contribution is -2.51. The number of carbonyl (C=O) groups is 1. The molecule has 4 aliphatic carbocycles. The summed E-state index contributed by atoms with van der Waals surface area (Å²) in [7, 11) is 0. The minimum Gasteiger partial charge on any atom is -0.494 e. The number of rotatable bonds is 15. The van der Waals surface area contributed by atoms with Crippen molar-refractivity contribution in [1.82, 2.24) is 0 Å². The molecule has 0 amide bonds. The van der Waals surface area contributed by atoms with E-state index in [1.165, 1.54) is 57.8 Å². The Kier molecular flexibility index (Phi) is 12.7. The van der Waals surface area contributed by atoms with Crippen LogP contribution in [0.2, 0.25) is 0 Å². The van der Waals surface area contributed by atoms with Gasteiger partial charge in [0.15, 0.2) is 0 Å². The molecule has 0 aliphatic heterocycles. The van der Waals surface area contributed by atoms with E-state index in [0.29, 0.717) is 24.0 Å². The van der Waals surface area contributed by atoms with Crippen LogP contribution in [0.1, 0.15) is 142 Å². The molecule has 0 bridgehead atoms. The third-order valence-corrected chi connectivity index (χ3v) is 14.1. The number of unbranched alkanes of at least 4 members (excludes halogenated alkanes) is 2. The van der Waals surface area contributed by atoms with E-state index in [9.17, 15) is 4.79 Å². The molecule has 4 aliphatic rings. The summed E-state index contributed by atoms with van der Waals surface area (Å²) in [6.45, 7) is 13.2. The van der Waals surface area contributed by atoms with Gasteiger partial charge in [0.25, 0.3) is 0 Å². The molecular weight excluding hydrogens is 641 g/mol. The van der Waals surface area contributed by atoms with E-state index >= 15 is 0 Å². The first-order valence-electron chi connectivity index (χ1n) is 20.7. The number of hydrogen-bond donors (Lipinski definition) is 0. The van der Waals surface area contributed by atoms with Crippen LogP contribution in [0.15, 0.2) is 65.2 Å². The van der Waals surface area contributed by atoms with E-state index < -0.39 is 0 Å². The molecule has 0 heterocycles. The topological polar surface area (TPSA) is 71.7 Å². The lowest BCUT2D eigenvalue weighted by molar-refractivity contribution is -0.151. The van der Waals surface area contributed by atoms with Gasteiger partial charge in [0.05, 0.1) is 23.9 Å². The monoisotopic (exact) mass is 704 g/mol. The number of benzene rings is 2. The summed E-state index contributed by atoms with van der Waals surface area (Å²) < 4.78 is 12.0. The molecule has 6 rings (SSSR count). The average Bonchev–Trinajstić information content (AvgIpc) is 3.50. The Bertz CT molecular complexity index is 1590. The standard InChI is InChI=1S/C47H64N2O3/c1-33(2)10-9-11-34(3)42-23-24-43-41-22-17-37-30-40(25-27-46(37,4)44(41)26-28-47(42,43)5)52-45(50)12-7-6-8-29-51-39-20-15-36(16-21-39)32-49-38-18-13-35(31-48)14-19-38/h13-21,32-34,40-44H,6-12,22-30H2,1-5H3/t34-,40+,41+,42-,43+,44+,46+,47-/m1/s1. The molecule has 8 atom stereocenters. The molecule has 5 nitrogen and oxygen atoms in total. The third kappa shape index (κ3) is 8.86. The average molecular weight is 705 g/mol. The molecule has 0 unspecified atom stereocenters. The van der Waals surface area contributed by atoms with Crippen LogP contribution >= 0.6 is 0 Å². The largest absolute Gasteiger partial charge is 0.494 e. The first kappa shape index (κ1) is 38.3. The van der Waals surface area contributed by atoms with Gasteiger partial charge in [-0.05, 0) is 165 Å². The summed E-state index contributed by atoms with van der Waals surface area (Å²) in [5.41, 5.74) is 4.83. The van der Waals surface area contributed by atoms with Crippen molar-refractivity contribution in [1.29, 1.82) is 5.26 Å². The highest BCUT2D eigenvalue weighted by molar-refractivity contribution is 5.82. The fraction of sp³-hybridized carbons (Fsp3) is 0.638. The van der Waals surface area contributed by atoms with Crippen molar-refractivity contribution in [3.8, 4) is 11.8 Å². The maximum absolute atomic E-state index is 12.9. The Balaban J connectivity index is 0.893. The lowest BCUT2D eigenvalue weighted by atomic mass is 9.47. The van der Waals surface area contributed by atoms with E-state index in [2.05, 4.69) is 51.8 Å². The fourth-order valence-corrected chi connectivity index (χ4v) is 11.2. The zero-order valence-electron chi connectivity index (χ0n) is 32.7. The smallest absolute Gasteiger partial charge is 0.306 e. The zero-order valence-corrected chi connectivity index (χ0v) is 32.7. The predicted molar refractivity (Wildman–Crippen MR) is 212 cm³/mol. The van der Waals surface area contributed by atoms with Gasteiger partial charge in [-0.1, -0.05) is 65.5 Å². The highest BCUT2D eigenvalue weighted by Gasteiger charge is 2.59. The van der Waals surface area contributed by atoms with Crippen LogP contribution in [0.25, 0.3) is 0 Å². The number of allylic oxidation sites excluding steroid dienone is 1. The van der Waals surface area contributed by atoms with Crippen LogP contribution in [0.4, 0.5) is 5.69 Å². The van der Waals surface area contributed by atoms with Crippen molar-refractivity contribution in [3.05, 3.63) is 71.3 Å². The summed E-state index contributed by atoms with van der Waals surface area (Å²) >= 11 is 0. The number of carbonyl (C=O) groups excluding carboxylic acids is 1. The zero-order chi connectivity index (χ0) is 36.7. The van der Waals surface area contributed by atoms with Crippen molar-refractivity contribution in [3.63, 3.8) is 0 Å². The van der Waals surface area contributed by atoms with Crippen molar-refractivity contribution in [2.45, 2.75) is 137 Å². The molecule has 0 N–H and O–H groups in total. The van der Waals surface area contributed by atoms with E-state index in [1.807, 2.05) is 42.6 Å². The highest BCUT2D eigenvalue weighted by atomic mass is 16.5. The molecule has 2 aromatic rings. The second-order valence-corrected chi connectivity index (χ2v) is 17.8. The van der Waals surface area contributed by atoms with Crippen LogP contribution < -0.4 is 4.74 Å². The number of esters is 1. The van der Waals surface area contributed by atoms with Crippen LogP contribution in [0.5, 0.6) is 5.75 Å². The van der Waals surface area contributed by atoms with E-state index in [4.69, 9.17) is 14.7 Å². The molecule has 3 fully saturated rings. The molecule has 52 heavy (non-hydrogen) atoms. The van der Waals surface area contributed by atoms with Crippen molar-refractivity contribution in [2.75, 3.05) is 6.61 Å². The van der Waals surface area contributed by atoms with Crippen LogP contribution in [0.3, 0.4) is 0 Å². The molecule has 0 radical (unpaired) electrons. The number of hydrogen-bond acceptors (Lipinski definition) is 5. The van der Waals surface area contributed by atoms with Crippen molar-refractivity contribution in [2.24, 2.45) is 51.3 Å². The number of ether oxygens (including phenoxy) is 2. The van der Waals surface area contributed by atoms with Gasteiger partial charge >= 0.3 is 5.97 Å². The second kappa shape index (κ2) is 17.2. The molecule has 5 heteroatoms.